The zero-order valence-corrected chi connectivity index (χ0v) is 10.5. The van der Waals surface area contributed by atoms with Gasteiger partial charge in [-0.25, -0.2) is 0 Å². The Morgan fingerprint density at radius 1 is 1.67 bits per heavy atom. The molecule has 0 bridgehead atoms. The van der Waals surface area contributed by atoms with E-state index in [1.807, 2.05) is 13.0 Å². The highest BCUT2D eigenvalue weighted by atomic mass is 16.5. The van der Waals surface area contributed by atoms with Crippen LogP contribution in [0, 0.1) is 6.92 Å². The summed E-state index contributed by atoms with van der Waals surface area (Å²) in [5.74, 6) is 0.552. The van der Waals surface area contributed by atoms with Gasteiger partial charge in [0.25, 0.3) is 0 Å². The Bertz CT molecular complexity index is 481. The fraction of sp³-hybridized carbons (Fsp3) is 0.462. The van der Waals surface area contributed by atoms with Crippen molar-refractivity contribution in [3.8, 4) is 11.5 Å². The van der Waals surface area contributed by atoms with E-state index in [0.29, 0.717) is 12.4 Å². The lowest BCUT2D eigenvalue weighted by molar-refractivity contribution is -0.137. The van der Waals surface area contributed by atoms with E-state index in [1.165, 1.54) is 0 Å². The van der Waals surface area contributed by atoms with Crippen molar-refractivity contribution < 1.29 is 19.4 Å². The Morgan fingerprint density at radius 3 is 3.00 bits per heavy atom. The first-order chi connectivity index (χ1) is 8.54. The van der Waals surface area contributed by atoms with Gasteiger partial charge >= 0.3 is 5.97 Å². The Hall–Kier alpha value is -1.75. The van der Waals surface area contributed by atoms with Crippen molar-refractivity contribution in [1.82, 2.24) is 0 Å². The van der Waals surface area contributed by atoms with Gasteiger partial charge in [0.05, 0.1) is 20.1 Å². The molecule has 5 heteroatoms. The summed E-state index contributed by atoms with van der Waals surface area (Å²) in [6.45, 7) is 2.51. The molecule has 98 valence electrons. The quantitative estimate of drug-likeness (QED) is 0.845. The number of carboxylic acid groups (broad SMARTS) is 1. The number of aryl methyl sites for hydroxylation is 1. The van der Waals surface area contributed by atoms with Gasteiger partial charge in [0, 0.05) is 23.6 Å². The molecule has 0 saturated heterocycles. The highest BCUT2D eigenvalue weighted by Gasteiger charge is 2.26. The topological polar surface area (TPSA) is 81.8 Å². The largest absolute Gasteiger partial charge is 0.496 e. The summed E-state index contributed by atoms with van der Waals surface area (Å²) < 4.78 is 10.9. The summed E-state index contributed by atoms with van der Waals surface area (Å²) >= 11 is 0. The molecular formula is C13H17NO4. The number of nitrogens with two attached hydrogens (primary N) is 1. The van der Waals surface area contributed by atoms with Crippen LogP contribution in [-0.4, -0.2) is 24.8 Å². The van der Waals surface area contributed by atoms with Crippen LogP contribution >= 0.6 is 0 Å². The number of aliphatic carboxylic acids is 1. The van der Waals surface area contributed by atoms with Crippen LogP contribution in [-0.2, 0) is 11.2 Å². The smallest absolute Gasteiger partial charge is 0.305 e. The highest BCUT2D eigenvalue weighted by Crippen LogP contribution is 2.40. The van der Waals surface area contributed by atoms with Gasteiger partial charge in [0.1, 0.15) is 11.5 Å². The van der Waals surface area contributed by atoms with Crippen LogP contribution in [0.25, 0.3) is 0 Å². The van der Waals surface area contributed by atoms with Crippen molar-refractivity contribution in [3.05, 3.63) is 22.8 Å². The lowest BCUT2D eigenvalue weighted by atomic mass is 9.93. The molecule has 1 aromatic carbocycles. The molecule has 0 saturated carbocycles. The zero-order valence-electron chi connectivity index (χ0n) is 10.5. The molecular weight excluding hydrogens is 234 g/mol. The Morgan fingerprint density at radius 2 is 2.39 bits per heavy atom. The third-order valence-corrected chi connectivity index (χ3v) is 3.15. The molecule has 18 heavy (non-hydrogen) atoms. The van der Waals surface area contributed by atoms with Gasteiger partial charge in [0.2, 0.25) is 0 Å². The SMILES string of the molecule is COc1c(C)cc2c(c1C(N)CC(=O)O)CCO2. The van der Waals surface area contributed by atoms with Crippen LogP contribution in [0.2, 0.25) is 0 Å². The second-order valence-corrected chi connectivity index (χ2v) is 4.42. The lowest BCUT2D eigenvalue weighted by Crippen LogP contribution is -2.18. The third kappa shape index (κ3) is 2.13. The molecule has 1 aliphatic heterocycles. The van der Waals surface area contributed by atoms with Crippen molar-refractivity contribution in [3.63, 3.8) is 0 Å². The van der Waals surface area contributed by atoms with Gasteiger partial charge in [-0.2, -0.15) is 0 Å². The van der Waals surface area contributed by atoms with Crippen LogP contribution < -0.4 is 15.2 Å². The summed E-state index contributed by atoms with van der Waals surface area (Å²) in [5.41, 5.74) is 8.66. The van der Waals surface area contributed by atoms with E-state index in [4.69, 9.17) is 20.3 Å². The Labute approximate surface area is 106 Å². The number of carbonyl (C=O) groups is 1. The normalized spacial score (nSPS) is 14.8. The van der Waals surface area contributed by atoms with E-state index < -0.39 is 12.0 Å². The fourth-order valence-corrected chi connectivity index (χ4v) is 2.43. The molecule has 0 radical (unpaired) electrons. The van der Waals surface area contributed by atoms with Gasteiger partial charge in [-0.1, -0.05) is 0 Å². The predicted octanol–water partition coefficient (Wildman–Crippen LogP) is 1.41. The molecule has 1 atom stereocenters. The maximum atomic E-state index is 10.8. The summed E-state index contributed by atoms with van der Waals surface area (Å²) in [6.07, 6.45) is 0.626. The molecule has 1 unspecified atom stereocenters. The second kappa shape index (κ2) is 4.86. The van der Waals surface area contributed by atoms with E-state index in [-0.39, 0.29) is 6.42 Å². The molecule has 2 rings (SSSR count). The number of methoxy groups -OCH3 is 1. The number of hydrogen-bond acceptors (Lipinski definition) is 4. The van der Waals surface area contributed by atoms with E-state index in [9.17, 15) is 4.79 Å². The molecule has 0 amide bonds. The number of fused-ring (bicyclic) bond motifs is 1. The van der Waals surface area contributed by atoms with E-state index in [0.717, 1.165) is 28.9 Å². The van der Waals surface area contributed by atoms with Crippen LogP contribution in [0.15, 0.2) is 6.07 Å². The predicted molar refractivity (Wildman–Crippen MR) is 66.1 cm³/mol. The fourth-order valence-electron chi connectivity index (χ4n) is 2.43. The van der Waals surface area contributed by atoms with Crippen molar-refractivity contribution in [2.75, 3.05) is 13.7 Å². The average Bonchev–Trinajstić information content (AvgIpc) is 2.73. The summed E-state index contributed by atoms with van der Waals surface area (Å²) in [6, 6.07) is 1.34. The highest BCUT2D eigenvalue weighted by molar-refractivity contribution is 5.69. The van der Waals surface area contributed by atoms with Gasteiger partial charge in [-0.3, -0.25) is 4.79 Å². The van der Waals surface area contributed by atoms with Crippen LogP contribution in [0.3, 0.4) is 0 Å². The number of benzene rings is 1. The number of carboxylic acids is 1. The molecule has 0 aromatic heterocycles. The molecule has 0 fully saturated rings. The molecule has 1 aliphatic rings. The minimum Gasteiger partial charge on any atom is -0.496 e. The van der Waals surface area contributed by atoms with Crippen LogP contribution in [0.1, 0.15) is 29.2 Å². The summed E-state index contributed by atoms with van der Waals surface area (Å²) in [7, 11) is 1.57. The molecule has 0 spiro atoms. The maximum Gasteiger partial charge on any atom is 0.305 e. The molecule has 5 nitrogen and oxygen atoms in total. The van der Waals surface area contributed by atoms with Crippen molar-refractivity contribution >= 4 is 5.97 Å². The third-order valence-electron chi connectivity index (χ3n) is 3.15. The first-order valence-electron chi connectivity index (χ1n) is 5.85. The van der Waals surface area contributed by atoms with Crippen LogP contribution in [0.5, 0.6) is 11.5 Å². The van der Waals surface area contributed by atoms with Gasteiger partial charge in [0.15, 0.2) is 0 Å². The second-order valence-electron chi connectivity index (χ2n) is 4.42. The Kier molecular flexibility index (Phi) is 3.43. The number of ether oxygens (including phenoxy) is 2. The minimum absolute atomic E-state index is 0.119. The van der Waals surface area contributed by atoms with Crippen molar-refractivity contribution in [2.24, 2.45) is 5.73 Å². The minimum atomic E-state index is -0.918. The first-order valence-corrected chi connectivity index (χ1v) is 5.85. The molecule has 1 heterocycles. The Balaban J connectivity index is 2.52. The van der Waals surface area contributed by atoms with Gasteiger partial charge < -0.3 is 20.3 Å². The summed E-state index contributed by atoms with van der Waals surface area (Å²) in [4.78, 5) is 10.8. The lowest BCUT2D eigenvalue weighted by Gasteiger charge is -2.19. The van der Waals surface area contributed by atoms with Gasteiger partial charge in [-0.15, -0.1) is 0 Å². The van der Waals surface area contributed by atoms with Crippen molar-refractivity contribution in [2.45, 2.75) is 25.8 Å². The standard InChI is InChI=1S/C13H17NO4/c1-7-5-10-8(3-4-18-10)12(13(7)17-2)9(14)6-11(15)16/h5,9H,3-4,6,14H2,1-2H3,(H,15,16). The van der Waals surface area contributed by atoms with E-state index in [2.05, 4.69) is 0 Å². The van der Waals surface area contributed by atoms with Crippen LogP contribution in [0.4, 0.5) is 0 Å². The molecule has 1 aromatic rings. The molecule has 0 aliphatic carbocycles. The number of hydrogen-bond donors (Lipinski definition) is 2. The van der Waals surface area contributed by atoms with Crippen molar-refractivity contribution in [1.29, 1.82) is 0 Å². The summed E-state index contributed by atoms with van der Waals surface area (Å²) in [5, 5.41) is 8.87. The average molecular weight is 251 g/mol. The van der Waals surface area contributed by atoms with E-state index in [1.54, 1.807) is 7.11 Å². The monoisotopic (exact) mass is 251 g/mol. The zero-order chi connectivity index (χ0) is 13.3. The van der Waals surface area contributed by atoms with E-state index >= 15 is 0 Å². The maximum absolute atomic E-state index is 10.8. The molecule has 3 N–H and O–H groups in total. The first kappa shape index (κ1) is 12.7. The number of rotatable bonds is 4. The van der Waals surface area contributed by atoms with Gasteiger partial charge in [-0.05, 0) is 18.6 Å².